The second-order valence-electron chi connectivity index (χ2n) is 4.74. The molecule has 5 nitrogen and oxygen atoms in total. The molecule has 0 atom stereocenters. The van der Waals surface area contributed by atoms with Gasteiger partial charge in [0.15, 0.2) is 4.75 Å². The van der Waals surface area contributed by atoms with Crippen molar-refractivity contribution in [3.8, 4) is 0 Å². The molecule has 1 rings (SSSR count). The van der Waals surface area contributed by atoms with E-state index in [-0.39, 0.29) is 0 Å². The van der Waals surface area contributed by atoms with E-state index < -0.39 is 26.2 Å². The SMILES string of the molecule is CC(C)(C)NC(=O)C1(S(N)(=O)=O)CC1. The zero-order valence-electron chi connectivity index (χ0n) is 8.62. The summed E-state index contributed by atoms with van der Waals surface area (Å²) in [5.74, 6) is -0.479. The molecule has 1 fully saturated rings. The summed E-state index contributed by atoms with van der Waals surface area (Å²) < 4.78 is 21.0. The van der Waals surface area contributed by atoms with Gasteiger partial charge in [0.2, 0.25) is 15.9 Å². The van der Waals surface area contributed by atoms with E-state index in [2.05, 4.69) is 5.32 Å². The summed E-state index contributed by atoms with van der Waals surface area (Å²) in [5, 5.41) is 7.64. The van der Waals surface area contributed by atoms with Crippen molar-refractivity contribution in [3.63, 3.8) is 0 Å². The fourth-order valence-electron chi connectivity index (χ4n) is 1.21. The lowest BCUT2D eigenvalue weighted by Gasteiger charge is -2.23. The van der Waals surface area contributed by atoms with Crippen LogP contribution in [0.3, 0.4) is 0 Å². The number of hydrogen-bond donors (Lipinski definition) is 2. The minimum Gasteiger partial charge on any atom is -0.350 e. The highest BCUT2D eigenvalue weighted by Crippen LogP contribution is 2.42. The third-order valence-corrected chi connectivity index (χ3v) is 3.83. The maximum atomic E-state index is 11.6. The number of amides is 1. The van der Waals surface area contributed by atoms with E-state index in [9.17, 15) is 13.2 Å². The van der Waals surface area contributed by atoms with E-state index in [1.807, 2.05) is 0 Å². The number of primary sulfonamides is 1. The molecule has 1 aliphatic carbocycles. The Morgan fingerprint density at radius 2 is 1.79 bits per heavy atom. The Balaban J connectivity index is 2.82. The summed E-state index contributed by atoms with van der Waals surface area (Å²) in [4.78, 5) is 11.6. The van der Waals surface area contributed by atoms with Gasteiger partial charge in [-0.2, -0.15) is 0 Å². The number of hydrogen-bond acceptors (Lipinski definition) is 3. The number of carbonyl (C=O) groups is 1. The lowest BCUT2D eigenvalue weighted by molar-refractivity contribution is -0.122. The third kappa shape index (κ3) is 2.06. The molecule has 6 heteroatoms. The molecule has 0 heterocycles. The van der Waals surface area contributed by atoms with Crippen LogP contribution in [0.25, 0.3) is 0 Å². The van der Waals surface area contributed by atoms with Crippen LogP contribution < -0.4 is 10.5 Å². The Labute approximate surface area is 84.1 Å². The van der Waals surface area contributed by atoms with E-state index in [4.69, 9.17) is 5.14 Å². The highest BCUT2D eigenvalue weighted by atomic mass is 32.2. The molecule has 82 valence electrons. The fraction of sp³-hybridized carbons (Fsp3) is 0.875. The number of nitrogens with two attached hydrogens (primary N) is 1. The van der Waals surface area contributed by atoms with Gasteiger partial charge in [-0.1, -0.05) is 0 Å². The van der Waals surface area contributed by atoms with Gasteiger partial charge in [0.1, 0.15) is 0 Å². The van der Waals surface area contributed by atoms with Crippen molar-refractivity contribution in [1.82, 2.24) is 5.32 Å². The van der Waals surface area contributed by atoms with Crippen LogP contribution in [0.4, 0.5) is 0 Å². The van der Waals surface area contributed by atoms with Crippen LogP contribution in [-0.2, 0) is 14.8 Å². The van der Waals surface area contributed by atoms with E-state index in [0.29, 0.717) is 12.8 Å². The molecule has 0 saturated heterocycles. The summed E-state index contributed by atoms with van der Waals surface area (Å²) >= 11 is 0. The average molecular weight is 220 g/mol. The molecule has 1 amide bonds. The van der Waals surface area contributed by atoms with Crippen molar-refractivity contribution in [3.05, 3.63) is 0 Å². The van der Waals surface area contributed by atoms with Gasteiger partial charge < -0.3 is 5.32 Å². The van der Waals surface area contributed by atoms with Gasteiger partial charge in [0.25, 0.3) is 0 Å². The molecule has 0 aromatic rings. The van der Waals surface area contributed by atoms with E-state index in [1.54, 1.807) is 20.8 Å². The van der Waals surface area contributed by atoms with Crippen molar-refractivity contribution in [2.24, 2.45) is 5.14 Å². The van der Waals surface area contributed by atoms with Crippen molar-refractivity contribution < 1.29 is 13.2 Å². The van der Waals surface area contributed by atoms with Gasteiger partial charge >= 0.3 is 0 Å². The average Bonchev–Trinajstić information content (AvgIpc) is 2.56. The highest BCUT2D eigenvalue weighted by molar-refractivity contribution is 7.91. The van der Waals surface area contributed by atoms with Crippen molar-refractivity contribution in [1.29, 1.82) is 0 Å². The monoisotopic (exact) mass is 220 g/mol. The van der Waals surface area contributed by atoms with Gasteiger partial charge in [0, 0.05) is 5.54 Å². The molecule has 3 N–H and O–H groups in total. The molecule has 0 aromatic carbocycles. The van der Waals surface area contributed by atoms with E-state index in [0.717, 1.165) is 0 Å². The Morgan fingerprint density at radius 1 is 1.36 bits per heavy atom. The van der Waals surface area contributed by atoms with Crippen molar-refractivity contribution in [2.45, 2.75) is 43.9 Å². The quantitative estimate of drug-likeness (QED) is 0.671. The highest BCUT2D eigenvalue weighted by Gasteiger charge is 2.59. The predicted molar refractivity (Wildman–Crippen MR) is 53.0 cm³/mol. The first kappa shape index (κ1) is 11.5. The van der Waals surface area contributed by atoms with Crippen LogP contribution in [0.15, 0.2) is 0 Å². The van der Waals surface area contributed by atoms with Crippen molar-refractivity contribution in [2.75, 3.05) is 0 Å². The summed E-state index contributed by atoms with van der Waals surface area (Å²) in [6.07, 6.45) is 0.654. The topological polar surface area (TPSA) is 89.3 Å². The zero-order valence-corrected chi connectivity index (χ0v) is 9.44. The Hall–Kier alpha value is -0.620. The largest absolute Gasteiger partial charge is 0.350 e. The molecule has 0 unspecified atom stereocenters. The van der Waals surface area contributed by atoms with Crippen LogP contribution >= 0.6 is 0 Å². The number of nitrogens with one attached hydrogen (secondary N) is 1. The molecule has 1 aliphatic rings. The van der Waals surface area contributed by atoms with E-state index >= 15 is 0 Å². The van der Waals surface area contributed by atoms with Crippen LogP contribution in [0.5, 0.6) is 0 Å². The standard InChI is InChI=1S/C8H16N2O3S/c1-7(2,3)10-6(11)8(4-5-8)14(9,12)13/h4-5H2,1-3H3,(H,10,11)(H2,9,12,13). The summed E-state index contributed by atoms with van der Waals surface area (Å²) in [6.45, 7) is 5.39. The maximum absolute atomic E-state index is 11.6. The summed E-state index contributed by atoms with van der Waals surface area (Å²) in [5.41, 5.74) is -0.433. The Kier molecular flexibility index (Phi) is 2.40. The van der Waals surface area contributed by atoms with Gasteiger partial charge in [-0.15, -0.1) is 0 Å². The lowest BCUT2D eigenvalue weighted by atomic mass is 10.1. The normalized spacial score (nSPS) is 20.3. The van der Waals surface area contributed by atoms with E-state index in [1.165, 1.54) is 0 Å². The smallest absolute Gasteiger partial charge is 0.243 e. The van der Waals surface area contributed by atoms with Crippen LogP contribution in [-0.4, -0.2) is 24.6 Å². The summed E-state index contributed by atoms with van der Waals surface area (Å²) in [7, 11) is -3.77. The number of rotatable bonds is 2. The van der Waals surface area contributed by atoms with Crippen LogP contribution in [0.1, 0.15) is 33.6 Å². The predicted octanol–water partition coefficient (Wildman–Crippen LogP) is -0.278. The minimum absolute atomic E-state index is 0.327. The molecule has 14 heavy (non-hydrogen) atoms. The lowest BCUT2D eigenvalue weighted by Crippen LogP contribution is -2.51. The Morgan fingerprint density at radius 3 is 2.00 bits per heavy atom. The maximum Gasteiger partial charge on any atom is 0.243 e. The second-order valence-corrected chi connectivity index (χ2v) is 6.61. The number of sulfonamides is 1. The third-order valence-electron chi connectivity index (χ3n) is 2.15. The first-order valence-corrected chi connectivity index (χ1v) is 5.98. The minimum atomic E-state index is -3.77. The van der Waals surface area contributed by atoms with Crippen molar-refractivity contribution >= 4 is 15.9 Å². The molecule has 0 aliphatic heterocycles. The molecular weight excluding hydrogens is 204 g/mol. The van der Waals surface area contributed by atoms with Crippen LogP contribution in [0.2, 0.25) is 0 Å². The van der Waals surface area contributed by atoms with Gasteiger partial charge in [-0.05, 0) is 33.6 Å². The molecule has 0 radical (unpaired) electrons. The first-order chi connectivity index (χ1) is 6.08. The molecule has 0 bridgehead atoms. The van der Waals surface area contributed by atoms with Gasteiger partial charge in [-0.3, -0.25) is 4.79 Å². The van der Waals surface area contributed by atoms with Gasteiger partial charge in [-0.25, -0.2) is 13.6 Å². The van der Waals surface area contributed by atoms with Crippen LogP contribution in [0, 0.1) is 0 Å². The first-order valence-electron chi connectivity index (χ1n) is 4.43. The molecule has 0 spiro atoms. The summed E-state index contributed by atoms with van der Waals surface area (Å²) in [6, 6.07) is 0. The molecular formula is C8H16N2O3S. The van der Waals surface area contributed by atoms with Gasteiger partial charge in [0.05, 0.1) is 0 Å². The molecule has 1 saturated carbocycles. The fourth-order valence-corrected chi connectivity index (χ4v) is 2.19. The number of carbonyl (C=O) groups excluding carboxylic acids is 1. The second kappa shape index (κ2) is 2.93. The Bertz CT molecular complexity index is 349. The molecule has 0 aromatic heterocycles. The zero-order chi connectivity index (χ0) is 11.2.